The van der Waals surface area contributed by atoms with Gasteiger partial charge in [-0.2, -0.15) is 0 Å². The smallest absolute Gasteiger partial charge is 0.268 e. The molecule has 1 heterocycles. The van der Waals surface area contributed by atoms with E-state index in [1.54, 1.807) is 17.8 Å². The minimum atomic E-state index is -0.550. The Kier molecular flexibility index (Phi) is 4.72. The minimum Gasteiger partial charge on any atom is -0.366 e. The van der Waals surface area contributed by atoms with E-state index in [-0.39, 0.29) is 5.91 Å². The number of hydrogen-bond acceptors (Lipinski definition) is 3. The van der Waals surface area contributed by atoms with Crippen LogP contribution in [0.2, 0.25) is 0 Å². The molecule has 0 atom stereocenters. The maximum absolute atomic E-state index is 12.3. The van der Waals surface area contributed by atoms with E-state index >= 15 is 0 Å². The van der Waals surface area contributed by atoms with Crippen LogP contribution >= 0.6 is 0 Å². The molecule has 5 N–H and O–H groups in total. The first-order valence-corrected chi connectivity index (χ1v) is 6.38. The van der Waals surface area contributed by atoms with Gasteiger partial charge < -0.3 is 21.4 Å². The summed E-state index contributed by atoms with van der Waals surface area (Å²) in [5, 5.41) is 2.95. The fourth-order valence-electron chi connectivity index (χ4n) is 2.00. The fourth-order valence-corrected chi connectivity index (χ4v) is 2.00. The van der Waals surface area contributed by atoms with Crippen molar-refractivity contribution in [1.29, 1.82) is 0 Å². The first-order valence-electron chi connectivity index (χ1n) is 6.38. The average molecular weight is 266 g/mol. The van der Waals surface area contributed by atoms with Crippen molar-refractivity contribution in [3.63, 3.8) is 0 Å². The van der Waals surface area contributed by atoms with Crippen molar-refractivity contribution in [2.75, 3.05) is 6.54 Å². The molecular formula is C13H22N4O2. The topological polar surface area (TPSA) is 103 Å². The van der Waals surface area contributed by atoms with Crippen molar-refractivity contribution in [3.8, 4) is 0 Å². The lowest BCUT2D eigenvalue weighted by molar-refractivity contribution is 0.0886. The number of nitrogens with zero attached hydrogens (tertiary/aromatic N) is 1. The van der Waals surface area contributed by atoms with E-state index in [1.165, 1.54) is 6.07 Å². The molecule has 1 aromatic heterocycles. The third kappa shape index (κ3) is 3.14. The predicted octanol–water partition coefficient (Wildman–Crippen LogP) is 0.371. The van der Waals surface area contributed by atoms with Crippen LogP contribution < -0.4 is 16.8 Å². The second-order valence-electron chi connectivity index (χ2n) is 4.73. The highest BCUT2D eigenvalue weighted by atomic mass is 16.2. The quantitative estimate of drug-likeness (QED) is 0.693. The fraction of sp³-hybridized carbons (Fsp3) is 0.538. The Balaban J connectivity index is 2.98. The highest BCUT2D eigenvalue weighted by molar-refractivity contribution is 5.99. The molecule has 0 aliphatic rings. The zero-order valence-corrected chi connectivity index (χ0v) is 11.7. The molecule has 1 rings (SSSR count). The van der Waals surface area contributed by atoms with Crippen LogP contribution in [0, 0.1) is 0 Å². The zero-order chi connectivity index (χ0) is 14.6. The first-order chi connectivity index (χ1) is 8.89. The summed E-state index contributed by atoms with van der Waals surface area (Å²) in [5.41, 5.74) is 11.3. The van der Waals surface area contributed by atoms with E-state index < -0.39 is 11.4 Å². The van der Waals surface area contributed by atoms with Gasteiger partial charge in [0.25, 0.3) is 5.91 Å². The number of carbonyl (C=O) groups excluding carboxylic acids is 2. The van der Waals surface area contributed by atoms with Gasteiger partial charge >= 0.3 is 0 Å². The Hall–Kier alpha value is -1.82. The van der Waals surface area contributed by atoms with Gasteiger partial charge in [-0.3, -0.25) is 9.59 Å². The Bertz CT molecular complexity index is 467. The van der Waals surface area contributed by atoms with Crippen molar-refractivity contribution in [2.24, 2.45) is 18.5 Å². The van der Waals surface area contributed by atoms with Crippen LogP contribution in [0.15, 0.2) is 12.3 Å². The van der Waals surface area contributed by atoms with Gasteiger partial charge in [-0.25, -0.2) is 0 Å². The highest BCUT2D eigenvalue weighted by Gasteiger charge is 2.28. The van der Waals surface area contributed by atoms with Crippen LogP contribution in [0.3, 0.4) is 0 Å². The summed E-state index contributed by atoms with van der Waals surface area (Å²) in [6, 6.07) is 1.49. The van der Waals surface area contributed by atoms with Crippen molar-refractivity contribution in [2.45, 2.75) is 32.2 Å². The lowest BCUT2D eigenvalue weighted by Crippen LogP contribution is -2.53. The molecule has 0 spiro atoms. The monoisotopic (exact) mass is 266 g/mol. The molecule has 0 radical (unpaired) electrons. The average Bonchev–Trinajstić information content (AvgIpc) is 2.78. The van der Waals surface area contributed by atoms with Gasteiger partial charge in [-0.1, -0.05) is 13.8 Å². The Morgan fingerprint density at radius 3 is 2.32 bits per heavy atom. The third-order valence-corrected chi connectivity index (χ3v) is 3.65. The molecule has 0 unspecified atom stereocenters. The van der Waals surface area contributed by atoms with Crippen LogP contribution in [-0.4, -0.2) is 28.5 Å². The van der Waals surface area contributed by atoms with Gasteiger partial charge in [0, 0.05) is 19.8 Å². The number of aromatic nitrogens is 1. The van der Waals surface area contributed by atoms with Crippen LogP contribution in [0.25, 0.3) is 0 Å². The van der Waals surface area contributed by atoms with Gasteiger partial charge in [0.1, 0.15) is 5.69 Å². The molecule has 0 saturated heterocycles. The van der Waals surface area contributed by atoms with Crippen LogP contribution in [0.5, 0.6) is 0 Å². The number of nitrogens with one attached hydrogen (secondary N) is 1. The number of rotatable bonds is 6. The molecule has 0 fully saturated rings. The summed E-state index contributed by atoms with van der Waals surface area (Å²) in [5.74, 6) is -0.796. The highest BCUT2D eigenvalue weighted by Crippen LogP contribution is 2.15. The minimum absolute atomic E-state index is 0.246. The van der Waals surface area contributed by atoms with E-state index in [0.717, 1.165) is 12.8 Å². The van der Waals surface area contributed by atoms with E-state index in [4.69, 9.17) is 11.5 Å². The van der Waals surface area contributed by atoms with E-state index in [2.05, 4.69) is 5.32 Å². The summed E-state index contributed by atoms with van der Waals surface area (Å²) in [4.78, 5) is 23.4. The molecule has 6 nitrogen and oxygen atoms in total. The Morgan fingerprint density at radius 2 is 1.95 bits per heavy atom. The molecule has 1 aromatic rings. The van der Waals surface area contributed by atoms with E-state index in [9.17, 15) is 9.59 Å². The molecule has 2 amide bonds. The van der Waals surface area contributed by atoms with Crippen molar-refractivity contribution < 1.29 is 9.59 Å². The molecule has 106 valence electrons. The van der Waals surface area contributed by atoms with Gasteiger partial charge in [-0.05, 0) is 18.9 Å². The van der Waals surface area contributed by atoms with Gasteiger partial charge in [0.15, 0.2) is 0 Å². The van der Waals surface area contributed by atoms with Gasteiger partial charge in [0.05, 0.1) is 11.1 Å². The maximum atomic E-state index is 12.3. The van der Waals surface area contributed by atoms with Crippen molar-refractivity contribution >= 4 is 11.8 Å². The summed E-state index contributed by atoms with van der Waals surface area (Å²) >= 11 is 0. The second-order valence-corrected chi connectivity index (χ2v) is 4.73. The lowest BCUT2D eigenvalue weighted by Gasteiger charge is -2.31. The number of aryl methyl sites for hydroxylation is 1. The SMILES string of the molecule is CCC(CC)(CN)NC(=O)c1cc(C(N)=O)cn1C. The lowest BCUT2D eigenvalue weighted by atomic mass is 9.93. The van der Waals surface area contributed by atoms with Crippen molar-refractivity contribution in [1.82, 2.24) is 9.88 Å². The van der Waals surface area contributed by atoms with Crippen LogP contribution in [0.1, 0.15) is 47.5 Å². The molecule has 0 aromatic carbocycles. The van der Waals surface area contributed by atoms with E-state index in [0.29, 0.717) is 17.8 Å². The summed E-state index contributed by atoms with van der Waals surface area (Å²) in [7, 11) is 1.70. The molecular weight excluding hydrogens is 244 g/mol. The normalized spacial score (nSPS) is 11.4. The largest absolute Gasteiger partial charge is 0.366 e. The Labute approximate surface area is 113 Å². The molecule has 6 heteroatoms. The number of hydrogen-bond donors (Lipinski definition) is 3. The number of nitrogens with two attached hydrogens (primary N) is 2. The van der Waals surface area contributed by atoms with Gasteiger partial charge in [-0.15, -0.1) is 0 Å². The first kappa shape index (κ1) is 15.2. The summed E-state index contributed by atoms with van der Waals surface area (Å²) in [6.07, 6.45) is 3.04. The number of primary amides is 1. The molecule has 0 aliphatic heterocycles. The predicted molar refractivity (Wildman–Crippen MR) is 73.8 cm³/mol. The zero-order valence-electron chi connectivity index (χ0n) is 11.7. The standard InChI is InChI=1S/C13H22N4O2/c1-4-13(5-2,8-14)16-12(19)10-6-9(11(15)18)7-17(10)3/h6-7H,4-5,8,14H2,1-3H3,(H2,15,18)(H,16,19). The molecule has 0 saturated carbocycles. The van der Waals surface area contributed by atoms with Crippen molar-refractivity contribution in [3.05, 3.63) is 23.5 Å². The molecule has 0 bridgehead atoms. The third-order valence-electron chi connectivity index (χ3n) is 3.65. The van der Waals surface area contributed by atoms with Gasteiger partial charge in [0.2, 0.25) is 5.91 Å². The second kappa shape index (κ2) is 5.88. The number of amides is 2. The summed E-state index contributed by atoms with van der Waals surface area (Å²) in [6.45, 7) is 4.34. The van der Waals surface area contributed by atoms with Crippen LogP contribution in [-0.2, 0) is 7.05 Å². The number of carbonyl (C=O) groups is 2. The summed E-state index contributed by atoms with van der Waals surface area (Å²) < 4.78 is 1.59. The molecule has 0 aliphatic carbocycles. The molecule has 19 heavy (non-hydrogen) atoms. The van der Waals surface area contributed by atoms with E-state index in [1.807, 2.05) is 13.8 Å². The van der Waals surface area contributed by atoms with Crippen LogP contribution in [0.4, 0.5) is 0 Å². The maximum Gasteiger partial charge on any atom is 0.268 e. The Morgan fingerprint density at radius 1 is 1.37 bits per heavy atom.